The molecule has 3 N–H and O–H groups in total. The molecule has 0 spiro atoms. The highest BCUT2D eigenvalue weighted by Gasteiger charge is 2.25. The van der Waals surface area contributed by atoms with E-state index < -0.39 is 0 Å². The van der Waals surface area contributed by atoms with E-state index in [0.29, 0.717) is 23.4 Å². The Kier molecular flexibility index (Phi) is 5.64. The van der Waals surface area contributed by atoms with Gasteiger partial charge in [-0.1, -0.05) is 18.2 Å². The van der Waals surface area contributed by atoms with Crippen molar-refractivity contribution >= 4 is 34.6 Å². The first-order valence-corrected chi connectivity index (χ1v) is 12.5. The summed E-state index contributed by atoms with van der Waals surface area (Å²) in [6.45, 7) is 7.65. The van der Waals surface area contributed by atoms with Crippen LogP contribution >= 0.6 is 0 Å². The molecule has 3 heterocycles. The Morgan fingerprint density at radius 1 is 1.08 bits per heavy atom. The van der Waals surface area contributed by atoms with E-state index in [2.05, 4.69) is 38.2 Å². The Labute approximate surface area is 214 Å². The average Bonchev–Trinajstić information content (AvgIpc) is 3.58. The number of hydrogen-bond acceptors (Lipinski definition) is 6. The van der Waals surface area contributed by atoms with E-state index in [9.17, 15) is 9.59 Å². The first-order valence-electron chi connectivity index (χ1n) is 12.5. The fourth-order valence-electron chi connectivity index (χ4n) is 5.29. The molecule has 1 amide bonds. The molecule has 0 saturated carbocycles. The predicted molar refractivity (Wildman–Crippen MR) is 142 cm³/mol. The zero-order valence-corrected chi connectivity index (χ0v) is 21.0. The molecule has 6 rings (SSSR count). The number of nitrogens with one attached hydrogen (secondary N) is 1. The number of aromatic amines is 1. The van der Waals surface area contributed by atoms with E-state index >= 15 is 0 Å². The van der Waals surface area contributed by atoms with Crippen LogP contribution in [0.5, 0.6) is 0 Å². The number of H-pyrrole nitrogens is 1. The number of piperazine rings is 1. The molecule has 188 valence electrons. The Bertz CT molecular complexity index is 1570. The van der Waals surface area contributed by atoms with Crippen LogP contribution in [0.15, 0.2) is 48.2 Å². The molecule has 2 aromatic heterocycles. The Morgan fingerprint density at radius 3 is 2.68 bits per heavy atom. The van der Waals surface area contributed by atoms with Gasteiger partial charge in [-0.15, -0.1) is 0 Å². The number of hydrogen-bond donors (Lipinski definition) is 2. The number of fused-ring (bicyclic) bond motifs is 2. The van der Waals surface area contributed by atoms with Gasteiger partial charge in [0, 0.05) is 51.6 Å². The second kappa shape index (κ2) is 9.01. The van der Waals surface area contributed by atoms with Crippen molar-refractivity contribution in [2.24, 2.45) is 0 Å². The minimum Gasteiger partial charge on any atom is -0.383 e. The van der Waals surface area contributed by atoms with Crippen molar-refractivity contribution in [1.82, 2.24) is 29.5 Å². The van der Waals surface area contributed by atoms with E-state index in [-0.39, 0.29) is 11.7 Å². The van der Waals surface area contributed by atoms with Crippen LogP contribution in [-0.4, -0.2) is 67.4 Å². The van der Waals surface area contributed by atoms with Crippen LogP contribution in [0.25, 0.3) is 22.8 Å². The lowest BCUT2D eigenvalue weighted by atomic mass is 10.0. The number of nitrogen functional groups attached to an aromatic ring is 1. The molecule has 1 aliphatic heterocycles. The van der Waals surface area contributed by atoms with Gasteiger partial charge in [0.25, 0.3) is 0 Å². The average molecular weight is 496 g/mol. The van der Waals surface area contributed by atoms with Gasteiger partial charge in [0.15, 0.2) is 5.78 Å². The lowest BCUT2D eigenvalue weighted by Crippen LogP contribution is -2.47. The van der Waals surface area contributed by atoms with Crippen LogP contribution in [0.4, 0.5) is 5.82 Å². The third kappa shape index (κ3) is 4.31. The van der Waals surface area contributed by atoms with Gasteiger partial charge in [-0.3, -0.25) is 14.5 Å². The summed E-state index contributed by atoms with van der Waals surface area (Å²) in [4.78, 5) is 36.9. The van der Waals surface area contributed by atoms with Gasteiger partial charge in [0.2, 0.25) is 5.91 Å². The number of benzene rings is 2. The lowest BCUT2D eigenvalue weighted by molar-refractivity contribution is -0.130. The Hall–Kier alpha value is -4.24. The molecular weight excluding hydrogens is 466 g/mol. The number of rotatable bonds is 5. The molecule has 0 atom stereocenters. The number of aryl methyl sites for hydroxylation is 1. The van der Waals surface area contributed by atoms with Crippen molar-refractivity contribution in [3.8, 4) is 5.69 Å². The Morgan fingerprint density at radius 2 is 1.89 bits per heavy atom. The molecule has 4 aromatic rings. The minimum atomic E-state index is -0.0969. The second-order valence-electron chi connectivity index (χ2n) is 9.87. The number of imidazole rings is 1. The minimum absolute atomic E-state index is 0.0969. The molecule has 9 heteroatoms. The highest BCUT2D eigenvalue weighted by atomic mass is 16.2. The maximum Gasteiger partial charge on any atom is 0.219 e. The number of nitrogens with two attached hydrogens (primary N) is 1. The summed E-state index contributed by atoms with van der Waals surface area (Å²) in [5, 5.41) is 4.42. The summed E-state index contributed by atoms with van der Waals surface area (Å²) in [5.74, 6) is 1.20. The maximum absolute atomic E-state index is 13.4. The topological polar surface area (TPSA) is 113 Å². The van der Waals surface area contributed by atoms with Crippen molar-refractivity contribution in [3.05, 3.63) is 76.2 Å². The number of allylic oxidation sites excluding steroid dienone is 1. The fourth-order valence-corrected chi connectivity index (χ4v) is 5.29. The molecule has 1 saturated heterocycles. The van der Waals surface area contributed by atoms with Gasteiger partial charge < -0.3 is 15.6 Å². The number of amides is 1. The van der Waals surface area contributed by atoms with Gasteiger partial charge in [0.05, 0.1) is 28.5 Å². The number of carbonyl (C=O) groups is 2. The number of ketones is 1. The molecule has 1 aliphatic carbocycles. The predicted octanol–water partition coefficient (Wildman–Crippen LogP) is 3.13. The molecule has 0 radical (unpaired) electrons. The van der Waals surface area contributed by atoms with Crippen LogP contribution in [0.3, 0.4) is 0 Å². The van der Waals surface area contributed by atoms with Crippen molar-refractivity contribution in [3.63, 3.8) is 0 Å². The molecule has 1 fully saturated rings. The second-order valence-corrected chi connectivity index (χ2v) is 9.87. The van der Waals surface area contributed by atoms with E-state index in [1.54, 1.807) is 17.8 Å². The fraction of sp³-hybridized carbons (Fsp3) is 0.286. The van der Waals surface area contributed by atoms with Crippen molar-refractivity contribution in [2.75, 3.05) is 31.9 Å². The quantitative estimate of drug-likeness (QED) is 0.412. The highest BCUT2D eigenvalue weighted by Crippen LogP contribution is 2.30. The first-order chi connectivity index (χ1) is 17.9. The van der Waals surface area contributed by atoms with Crippen molar-refractivity contribution in [2.45, 2.75) is 26.8 Å². The highest BCUT2D eigenvalue weighted by molar-refractivity contribution is 6.15. The monoisotopic (exact) mass is 495 g/mol. The number of Topliss-reactive ketones (excluding diaryl/α,β-unsaturated/α-hetero) is 1. The molecule has 9 nitrogen and oxygen atoms in total. The molecule has 0 unspecified atom stereocenters. The van der Waals surface area contributed by atoms with Gasteiger partial charge >= 0.3 is 0 Å². The van der Waals surface area contributed by atoms with Gasteiger partial charge in [-0.2, -0.15) is 5.10 Å². The summed E-state index contributed by atoms with van der Waals surface area (Å²) < 4.78 is 1.59. The lowest BCUT2D eigenvalue weighted by Gasteiger charge is -2.34. The van der Waals surface area contributed by atoms with Gasteiger partial charge in [-0.05, 0) is 47.9 Å². The van der Waals surface area contributed by atoms with Gasteiger partial charge in [0.1, 0.15) is 11.6 Å². The zero-order chi connectivity index (χ0) is 25.7. The van der Waals surface area contributed by atoms with Gasteiger partial charge in [-0.25, -0.2) is 9.67 Å². The molecule has 0 bridgehead atoms. The summed E-state index contributed by atoms with van der Waals surface area (Å²) in [6, 6.07) is 12.1. The van der Waals surface area contributed by atoms with Crippen LogP contribution in [0.1, 0.15) is 39.8 Å². The largest absolute Gasteiger partial charge is 0.383 e. The van der Waals surface area contributed by atoms with Crippen LogP contribution in [0.2, 0.25) is 0 Å². The smallest absolute Gasteiger partial charge is 0.219 e. The molecule has 37 heavy (non-hydrogen) atoms. The van der Waals surface area contributed by atoms with Crippen molar-refractivity contribution < 1.29 is 9.59 Å². The number of aromatic nitrogens is 4. The van der Waals surface area contributed by atoms with E-state index in [0.717, 1.165) is 66.4 Å². The standard InChI is InChI=1S/C28H29N7O2/c1-17-31-25-6-5-23(14-26(25)32-17)35-28(29)24(15-30-35)27(37)22-12-20-4-3-19(11-21(20)13-22)16-33-7-9-34(10-8-33)18(2)36/h3-6,11-12,14-15H,7-10,13,16,29H2,1-2H3,(H,31,32). The molecular formula is C28H29N7O2. The third-order valence-electron chi connectivity index (χ3n) is 7.31. The van der Waals surface area contributed by atoms with E-state index in [1.807, 2.05) is 36.1 Å². The first kappa shape index (κ1) is 23.2. The summed E-state index contributed by atoms with van der Waals surface area (Å²) in [6.07, 6.45) is 4.09. The number of anilines is 1. The van der Waals surface area contributed by atoms with Crippen LogP contribution in [0, 0.1) is 6.92 Å². The number of carbonyl (C=O) groups excluding carboxylic acids is 2. The van der Waals surface area contributed by atoms with E-state index in [4.69, 9.17) is 5.73 Å². The molecule has 2 aromatic carbocycles. The normalized spacial score (nSPS) is 15.7. The van der Waals surface area contributed by atoms with Crippen molar-refractivity contribution in [1.29, 1.82) is 0 Å². The maximum atomic E-state index is 13.4. The zero-order valence-electron chi connectivity index (χ0n) is 21.0. The van der Waals surface area contributed by atoms with E-state index in [1.165, 1.54) is 5.56 Å². The summed E-state index contributed by atoms with van der Waals surface area (Å²) >= 11 is 0. The molecule has 2 aliphatic rings. The third-order valence-corrected chi connectivity index (χ3v) is 7.31. The Balaban J connectivity index is 1.16. The summed E-state index contributed by atoms with van der Waals surface area (Å²) in [5.41, 5.74) is 13.5. The van der Waals surface area contributed by atoms with Crippen LogP contribution in [-0.2, 0) is 17.8 Å². The summed E-state index contributed by atoms with van der Waals surface area (Å²) in [7, 11) is 0. The SMILES string of the molecule is CC(=O)N1CCN(Cc2ccc3c(c2)CC(C(=O)c2cnn(-c4ccc5nc(C)[nH]c5c4)c2N)=C3)CC1. The number of nitrogens with zero attached hydrogens (tertiary/aromatic N) is 5. The van der Waals surface area contributed by atoms with Crippen LogP contribution < -0.4 is 5.73 Å².